The second-order valence-corrected chi connectivity index (χ2v) is 5.64. The van der Waals surface area contributed by atoms with Gasteiger partial charge in [-0.05, 0) is 24.1 Å². The minimum atomic E-state index is -1.29. The molecule has 1 atom stereocenters. The molecule has 2 aromatic rings. The Labute approximate surface area is 142 Å². The van der Waals surface area contributed by atoms with Gasteiger partial charge in [0.1, 0.15) is 12.2 Å². The molecule has 24 heavy (non-hydrogen) atoms. The molecule has 0 radical (unpaired) electrons. The van der Waals surface area contributed by atoms with Gasteiger partial charge in [0.15, 0.2) is 0 Å². The van der Waals surface area contributed by atoms with E-state index < -0.39 is 11.6 Å². The van der Waals surface area contributed by atoms with Gasteiger partial charge < -0.3 is 14.6 Å². The summed E-state index contributed by atoms with van der Waals surface area (Å²) in [5, 5.41) is 10.6. The van der Waals surface area contributed by atoms with Gasteiger partial charge in [-0.2, -0.15) is 0 Å². The molecule has 0 aliphatic heterocycles. The van der Waals surface area contributed by atoms with Crippen molar-refractivity contribution in [2.45, 2.75) is 18.6 Å². The molecule has 0 unspecified atom stereocenters. The van der Waals surface area contributed by atoms with E-state index in [1.54, 1.807) is 30.3 Å². The first-order chi connectivity index (χ1) is 11.6. The second-order valence-electron chi connectivity index (χ2n) is 5.64. The largest absolute Gasteiger partial charge is 0.459 e. The predicted octanol–water partition coefficient (Wildman–Crippen LogP) is 3.37. The summed E-state index contributed by atoms with van der Waals surface area (Å²) >= 11 is 0. The van der Waals surface area contributed by atoms with Crippen molar-refractivity contribution in [2.75, 3.05) is 13.2 Å². The number of hydrogen-bond donors (Lipinski definition) is 1. The molecule has 2 aromatic carbocycles. The maximum atomic E-state index is 12.0. The van der Waals surface area contributed by atoms with Gasteiger partial charge in [-0.25, -0.2) is 4.79 Å². The van der Waals surface area contributed by atoms with Crippen LogP contribution in [0.4, 0.5) is 0 Å². The molecule has 126 valence electrons. The zero-order valence-corrected chi connectivity index (χ0v) is 13.6. The van der Waals surface area contributed by atoms with E-state index in [0.29, 0.717) is 12.2 Å². The van der Waals surface area contributed by atoms with Crippen molar-refractivity contribution in [1.82, 2.24) is 0 Å². The number of carbonyl (C=O) groups is 1. The highest BCUT2D eigenvalue weighted by Gasteiger charge is 2.28. The fourth-order valence-electron chi connectivity index (χ4n) is 2.22. The lowest BCUT2D eigenvalue weighted by atomic mass is 10.0. The molecule has 0 bridgehead atoms. The van der Waals surface area contributed by atoms with E-state index in [1.807, 2.05) is 36.4 Å². The third-order valence-electron chi connectivity index (χ3n) is 3.49. The van der Waals surface area contributed by atoms with Crippen molar-refractivity contribution in [2.24, 2.45) is 0 Å². The maximum Gasteiger partial charge on any atom is 0.338 e. The topological polar surface area (TPSA) is 55.8 Å². The smallest absolute Gasteiger partial charge is 0.338 e. The Hall–Kier alpha value is -2.43. The number of ether oxygens (including phenoxy) is 2. The summed E-state index contributed by atoms with van der Waals surface area (Å²) in [7, 11) is 0. The van der Waals surface area contributed by atoms with Gasteiger partial charge in [0.05, 0.1) is 18.8 Å². The van der Waals surface area contributed by atoms with Gasteiger partial charge in [0.2, 0.25) is 0 Å². The predicted molar refractivity (Wildman–Crippen MR) is 92.6 cm³/mol. The first-order valence-electron chi connectivity index (χ1n) is 7.80. The van der Waals surface area contributed by atoms with Crippen molar-refractivity contribution >= 4 is 5.97 Å². The molecule has 0 aromatic heterocycles. The molecule has 0 spiro atoms. The Kier molecular flexibility index (Phi) is 6.73. The van der Waals surface area contributed by atoms with Gasteiger partial charge in [-0.15, -0.1) is 6.58 Å². The third-order valence-corrected chi connectivity index (χ3v) is 3.49. The summed E-state index contributed by atoms with van der Waals surface area (Å²) in [6.45, 7) is 3.92. The molecule has 0 saturated carbocycles. The van der Waals surface area contributed by atoms with Crippen LogP contribution in [0.3, 0.4) is 0 Å². The van der Waals surface area contributed by atoms with Gasteiger partial charge >= 0.3 is 5.97 Å². The summed E-state index contributed by atoms with van der Waals surface area (Å²) in [4.78, 5) is 12.0. The molecule has 4 heteroatoms. The van der Waals surface area contributed by atoms with Gasteiger partial charge in [0.25, 0.3) is 0 Å². The Morgan fingerprint density at radius 3 is 2.29 bits per heavy atom. The summed E-state index contributed by atoms with van der Waals surface area (Å²) in [6.07, 6.45) is 1.85. The molecular weight excluding hydrogens is 304 g/mol. The number of rotatable bonds is 9. The zero-order valence-electron chi connectivity index (χ0n) is 13.6. The average Bonchev–Trinajstić information content (AvgIpc) is 2.62. The minimum Gasteiger partial charge on any atom is -0.459 e. The van der Waals surface area contributed by atoms with Crippen LogP contribution in [0.2, 0.25) is 0 Å². The number of hydrogen-bond acceptors (Lipinski definition) is 4. The molecule has 2 rings (SSSR count). The Morgan fingerprint density at radius 1 is 1.04 bits per heavy atom. The van der Waals surface area contributed by atoms with E-state index in [-0.39, 0.29) is 19.6 Å². The fourth-order valence-corrected chi connectivity index (χ4v) is 2.22. The molecule has 0 aliphatic rings. The quantitative estimate of drug-likeness (QED) is 0.567. The van der Waals surface area contributed by atoms with Gasteiger partial charge in [0, 0.05) is 0 Å². The van der Waals surface area contributed by atoms with Crippen LogP contribution < -0.4 is 0 Å². The van der Waals surface area contributed by atoms with Crippen LogP contribution in [-0.2, 0) is 16.1 Å². The van der Waals surface area contributed by atoms with Crippen LogP contribution >= 0.6 is 0 Å². The highest BCUT2D eigenvalue weighted by atomic mass is 16.6. The van der Waals surface area contributed by atoms with Crippen LogP contribution in [0.1, 0.15) is 22.3 Å². The van der Waals surface area contributed by atoms with E-state index in [9.17, 15) is 9.90 Å². The van der Waals surface area contributed by atoms with E-state index in [0.717, 1.165) is 5.56 Å². The Morgan fingerprint density at radius 2 is 1.67 bits per heavy atom. The summed E-state index contributed by atoms with van der Waals surface area (Å²) in [5.74, 6) is -0.471. The lowest BCUT2D eigenvalue weighted by Crippen LogP contribution is -2.40. The highest BCUT2D eigenvalue weighted by molar-refractivity contribution is 5.89. The maximum absolute atomic E-state index is 12.0. The summed E-state index contributed by atoms with van der Waals surface area (Å²) in [6, 6.07) is 18.4. The zero-order chi connectivity index (χ0) is 17.3. The van der Waals surface area contributed by atoms with Gasteiger partial charge in [-0.1, -0.05) is 54.6 Å². The second kappa shape index (κ2) is 9.01. The summed E-state index contributed by atoms with van der Waals surface area (Å²) in [5.41, 5.74) is 0.171. The Balaban J connectivity index is 1.87. The van der Waals surface area contributed by atoms with Crippen molar-refractivity contribution in [3.05, 3.63) is 84.4 Å². The number of aliphatic hydroxyl groups is 1. The number of esters is 1. The Bertz CT molecular complexity index is 639. The molecule has 4 nitrogen and oxygen atoms in total. The number of carbonyl (C=O) groups excluding carboxylic acids is 1. The van der Waals surface area contributed by atoms with E-state index in [4.69, 9.17) is 9.47 Å². The highest BCUT2D eigenvalue weighted by Crippen LogP contribution is 2.15. The summed E-state index contributed by atoms with van der Waals surface area (Å²) < 4.78 is 10.8. The standard InChI is InChI=1S/C20H22O4/c1-2-13-20(22,15-23-14-17-9-5-3-6-10-17)16-24-19(21)18-11-7-4-8-12-18/h2-12,22H,1,13-16H2/t20-/m1/s1. The van der Waals surface area contributed by atoms with Crippen LogP contribution in [0.5, 0.6) is 0 Å². The number of benzene rings is 2. The average molecular weight is 326 g/mol. The molecule has 0 saturated heterocycles. The van der Waals surface area contributed by atoms with E-state index >= 15 is 0 Å². The van der Waals surface area contributed by atoms with E-state index in [2.05, 4.69) is 6.58 Å². The SMILES string of the molecule is C=CC[C@@](O)(COCc1ccccc1)COC(=O)c1ccccc1. The molecule has 0 aliphatic carbocycles. The lowest BCUT2D eigenvalue weighted by molar-refractivity contribution is -0.0849. The van der Waals surface area contributed by atoms with Gasteiger partial charge in [-0.3, -0.25) is 0 Å². The van der Waals surface area contributed by atoms with E-state index in [1.165, 1.54) is 0 Å². The van der Waals surface area contributed by atoms with Crippen molar-refractivity contribution in [3.63, 3.8) is 0 Å². The molecule has 1 N–H and O–H groups in total. The lowest BCUT2D eigenvalue weighted by Gasteiger charge is -2.26. The van der Waals surface area contributed by atoms with Crippen LogP contribution in [0, 0.1) is 0 Å². The molecule has 0 fully saturated rings. The fraction of sp³-hybridized carbons (Fsp3) is 0.250. The molecule has 0 heterocycles. The molecular formula is C20H22O4. The minimum absolute atomic E-state index is 0.0516. The third kappa shape index (κ3) is 5.65. The normalized spacial score (nSPS) is 13.0. The van der Waals surface area contributed by atoms with Crippen molar-refractivity contribution in [3.8, 4) is 0 Å². The first kappa shape index (κ1) is 17.9. The molecule has 0 amide bonds. The van der Waals surface area contributed by atoms with Crippen molar-refractivity contribution < 1.29 is 19.4 Å². The first-order valence-corrected chi connectivity index (χ1v) is 7.80. The van der Waals surface area contributed by atoms with Crippen LogP contribution in [-0.4, -0.2) is 29.9 Å². The van der Waals surface area contributed by atoms with Crippen LogP contribution in [0.15, 0.2) is 73.3 Å². The van der Waals surface area contributed by atoms with Crippen molar-refractivity contribution in [1.29, 1.82) is 0 Å². The van der Waals surface area contributed by atoms with Crippen LogP contribution in [0.25, 0.3) is 0 Å². The monoisotopic (exact) mass is 326 g/mol.